The zero-order valence-corrected chi connectivity index (χ0v) is 15.2. The number of hydrogen-bond donors (Lipinski definition) is 2. The molecule has 0 aliphatic heterocycles. The molecule has 2 aromatic carbocycles. The fourth-order valence-electron chi connectivity index (χ4n) is 2.53. The Morgan fingerprint density at radius 1 is 1.00 bits per heavy atom. The molecule has 2 aromatic rings. The molecular formula is C21H27FN2O. The van der Waals surface area contributed by atoms with Crippen molar-refractivity contribution in [1.82, 2.24) is 5.32 Å². The molecule has 0 heterocycles. The van der Waals surface area contributed by atoms with Gasteiger partial charge in [-0.15, -0.1) is 0 Å². The van der Waals surface area contributed by atoms with E-state index in [0.29, 0.717) is 31.5 Å². The molecule has 0 saturated heterocycles. The average molecular weight is 342 g/mol. The summed E-state index contributed by atoms with van der Waals surface area (Å²) >= 11 is 0. The van der Waals surface area contributed by atoms with Gasteiger partial charge in [-0.05, 0) is 47.7 Å². The minimum Gasteiger partial charge on any atom is -0.326 e. The second-order valence-electron chi connectivity index (χ2n) is 7.22. The van der Waals surface area contributed by atoms with Crippen molar-refractivity contribution in [2.24, 2.45) is 0 Å². The van der Waals surface area contributed by atoms with Gasteiger partial charge >= 0.3 is 0 Å². The van der Waals surface area contributed by atoms with Gasteiger partial charge in [0.1, 0.15) is 5.82 Å². The van der Waals surface area contributed by atoms with Gasteiger partial charge in [0.05, 0.1) is 0 Å². The fourth-order valence-corrected chi connectivity index (χ4v) is 2.53. The summed E-state index contributed by atoms with van der Waals surface area (Å²) in [7, 11) is 0. The molecule has 2 rings (SSSR count). The van der Waals surface area contributed by atoms with Crippen LogP contribution in [0.4, 0.5) is 10.1 Å². The van der Waals surface area contributed by atoms with Crippen molar-refractivity contribution in [3.05, 3.63) is 65.5 Å². The highest BCUT2D eigenvalue weighted by Crippen LogP contribution is 2.23. The second kappa shape index (κ2) is 8.77. The van der Waals surface area contributed by atoms with Crippen molar-refractivity contribution in [2.75, 3.05) is 18.4 Å². The number of nitrogens with one attached hydrogen (secondary N) is 2. The lowest BCUT2D eigenvalue weighted by Crippen LogP contribution is -2.23. The molecule has 1 amide bonds. The zero-order valence-electron chi connectivity index (χ0n) is 15.2. The summed E-state index contributed by atoms with van der Waals surface area (Å²) in [6.07, 6.45) is 1.00. The molecule has 134 valence electrons. The van der Waals surface area contributed by atoms with Crippen molar-refractivity contribution < 1.29 is 9.18 Å². The molecule has 0 saturated carbocycles. The number of amides is 1. The van der Waals surface area contributed by atoms with Crippen LogP contribution in [0.5, 0.6) is 0 Å². The highest BCUT2D eigenvalue weighted by molar-refractivity contribution is 5.90. The Balaban J connectivity index is 1.68. The summed E-state index contributed by atoms with van der Waals surface area (Å²) in [5.74, 6) is -0.206. The molecule has 0 unspecified atom stereocenters. The number of hydrogen-bond acceptors (Lipinski definition) is 2. The van der Waals surface area contributed by atoms with E-state index in [1.807, 2.05) is 30.3 Å². The number of carbonyl (C=O) groups is 1. The fraction of sp³-hybridized carbons (Fsp3) is 0.381. The van der Waals surface area contributed by atoms with Gasteiger partial charge in [-0.3, -0.25) is 4.79 Å². The quantitative estimate of drug-likeness (QED) is 0.737. The van der Waals surface area contributed by atoms with E-state index in [0.717, 1.165) is 5.69 Å². The average Bonchev–Trinajstić information content (AvgIpc) is 2.56. The molecule has 2 N–H and O–H groups in total. The monoisotopic (exact) mass is 342 g/mol. The molecule has 0 aliphatic carbocycles. The van der Waals surface area contributed by atoms with Crippen molar-refractivity contribution in [3.63, 3.8) is 0 Å². The standard InChI is InChI=1S/C21H27FN2O/c1-21(2,3)17-8-10-18(11-9-17)24-20(25)13-15-23-14-12-16-6-4-5-7-19(16)22/h4-11,23H,12-15H2,1-3H3,(H,24,25). The SMILES string of the molecule is CC(C)(C)c1ccc(NC(=O)CCNCCc2ccccc2F)cc1. The molecule has 0 atom stereocenters. The summed E-state index contributed by atoms with van der Waals surface area (Å²) in [5, 5.41) is 6.08. The Kier molecular flexibility index (Phi) is 6.71. The predicted molar refractivity (Wildman–Crippen MR) is 101 cm³/mol. The van der Waals surface area contributed by atoms with Gasteiger partial charge in [-0.2, -0.15) is 0 Å². The Morgan fingerprint density at radius 2 is 1.68 bits per heavy atom. The van der Waals surface area contributed by atoms with Crippen LogP contribution >= 0.6 is 0 Å². The number of carbonyl (C=O) groups excluding carboxylic acids is 1. The van der Waals surface area contributed by atoms with Gasteiger partial charge in [0.2, 0.25) is 5.91 Å². The Labute approximate surface area is 149 Å². The summed E-state index contributed by atoms with van der Waals surface area (Å²) in [4.78, 5) is 12.0. The van der Waals surface area contributed by atoms with E-state index < -0.39 is 0 Å². The van der Waals surface area contributed by atoms with Crippen LogP contribution in [0, 0.1) is 5.82 Å². The minimum atomic E-state index is -0.180. The molecule has 3 nitrogen and oxygen atoms in total. The number of rotatable bonds is 7. The lowest BCUT2D eigenvalue weighted by molar-refractivity contribution is -0.116. The van der Waals surface area contributed by atoms with E-state index in [4.69, 9.17) is 0 Å². The van der Waals surface area contributed by atoms with E-state index in [1.165, 1.54) is 11.6 Å². The molecule has 0 bridgehead atoms. The molecule has 0 spiro atoms. The van der Waals surface area contributed by atoms with Gasteiger partial charge in [0.15, 0.2) is 0 Å². The zero-order chi connectivity index (χ0) is 18.3. The smallest absolute Gasteiger partial charge is 0.225 e. The molecule has 0 radical (unpaired) electrons. The van der Waals surface area contributed by atoms with Crippen LogP contribution in [0.25, 0.3) is 0 Å². The van der Waals surface area contributed by atoms with Crippen LogP contribution in [-0.4, -0.2) is 19.0 Å². The third-order valence-corrected chi connectivity index (χ3v) is 4.09. The van der Waals surface area contributed by atoms with Crippen LogP contribution in [0.1, 0.15) is 38.3 Å². The Morgan fingerprint density at radius 3 is 2.32 bits per heavy atom. The van der Waals surface area contributed by atoms with Gasteiger partial charge in [0, 0.05) is 18.7 Å². The molecule has 25 heavy (non-hydrogen) atoms. The minimum absolute atomic E-state index is 0.0260. The molecule has 0 fully saturated rings. The van der Waals surface area contributed by atoms with Crippen molar-refractivity contribution in [3.8, 4) is 0 Å². The molecule has 4 heteroatoms. The van der Waals surface area contributed by atoms with E-state index in [9.17, 15) is 9.18 Å². The number of benzene rings is 2. The van der Waals surface area contributed by atoms with E-state index in [-0.39, 0.29) is 17.1 Å². The lowest BCUT2D eigenvalue weighted by atomic mass is 9.87. The second-order valence-corrected chi connectivity index (χ2v) is 7.22. The van der Waals surface area contributed by atoms with E-state index >= 15 is 0 Å². The number of anilines is 1. The van der Waals surface area contributed by atoms with Crippen molar-refractivity contribution in [2.45, 2.75) is 39.0 Å². The van der Waals surface area contributed by atoms with Crippen molar-refractivity contribution in [1.29, 1.82) is 0 Å². The lowest BCUT2D eigenvalue weighted by Gasteiger charge is -2.19. The summed E-state index contributed by atoms with van der Waals surface area (Å²) in [5.41, 5.74) is 2.84. The van der Waals surface area contributed by atoms with E-state index in [2.05, 4.69) is 31.4 Å². The van der Waals surface area contributed by atoms with E-state index in [1.54, 1.807) is 12.1 Å². The first kappa shape index (κ1) is 19.1. The van der Waals surface area contributed by atoms with Gasteiger partial charge in [-0.25, -0.2) is 4.39 Å². The first-order valence-corrected chi connectivity index (χ1v) is 8.71. The van der Waals surface area contributed by atoms with Crippen LogP contribution < -0.4 is 10.6 Å². The normalized spacial score (nSPS) is 11.4. The maximum absolute atomic E-state index is 13.5. The molecular weight excluding hydrogens is 315 g/mol. The highest BCUT2D eigenvalue weighted by Gasteiger charge is 2.13. The van der Waals surface area contributed by atoms with Gasteiger partial charge < -0.3 is 10.6 Å². The van der Waals surface area contributed by atoms with Crippen LogP contribution in [-0.2, 0) is 16.6 Å². The largest absolute Gasteiger partial charge is 0.326 e. The Hall–Kier alpha value is -2.20. The number of halogens is 1. The molecule has 0 aliphatic rings. The first-order chi connectivity index (χ1) is 11.9. The third-order valence-electron chi connectivity index (χ3n) is 4.09. The van der Waals surface area contributed by atoms with Crippen LogP contribution in [0.2, 0.25) is 0 Å². The predicted octanol–water partition coefficient (Wildman–Crippen LogP) is 4.28. The summed E-state index contributed by atoms with van der Waals surface area (Å²) < 4.78 is 13.5. The maximum atomic E-state index is 13.5. The Bertz CT molecular complexity index is 690. The highest BCUT2D eigenvalue weighted by atomic mass is 19.1. The maximum Gasteiger partial charge on any atom is 0.225 e. The summed E-state index contributed by atoms with van der Waals surface area (Å²) in [6, 6.07) is 14.7. The van der Waals surface area contributed by atoms with Gasteiger partial charge in [0.25, 0.3) is 0 Å². The van der Waals surface area contributed by atoms with Crippen molar-refractivity contribution >= 4 is 11.6 Å². The van der Waals surface area contributed by atoms with Crippen LogP contribution in [0.3, 0.4) is 0 Å². The van der Waals surface area contributed by atoms with Crippen LogP contribution in [0.15, 0.2) is 48.5 Å². The first-order valence-electron chi connectivity index (χ1n) is 8.71. The molecule has 0 aromatic heterocycles. The topological polar surface area (TPSA) is 41.1 Å². The third kappa shape index (κ3) is 6.31. The van der Waals surface area contributed by atoms with Gasteiger partial charge in [-0.1, -0.05) is 51.1 Å². The summed E-state index contributed by atoms with van der Waals surface area (Å²) in [6.45, 7) is 7.70.